The fourth-order valence-corrected chi connectivity index (χ4v) is 1.85. The predicted octanol–water partition coefficient (Wildman–Crippen LogP) is 2.68. The van der Waals surface area contributed by atoms with E-state index in [-0.39, 0.29) is 12.0 Å². The third kappa shape index (κ3) is 1.79. The zero-order chi connectivity index (χ0) is 11.9. The van der Waals surface area contributed by atoms with Gasteiger partial charge < -0.3 is 5.11 Å². The summed E-state index contributed by atoms with van der Waals surface area (Å²) in [5, 5.41) is 8.96. The summed E-state index contributed by atoms with van der Waals surface area (Å²) in [5.74, 6) is -2.26. The SMILES string of the molecule is Cc1cc(F)c(CC2(C(=O)O)CC2)c(F)c1. The zero-order valence-electron chi connectivity index (χ0n) is 8.89. The molecule has 1 aromatic carbocycles. The fraction of sp³-hybridized carbons (Fsp3) is 0.417. The second kappa shape index (κ2) is 3.54. The first-order chi connectivity index (χ1) is 7.44. The second-order valence-corrected chi connectivity index (χ2v) is 4.47. The van der Waals surface area contributed by atoms with Gasteiger partial charge in [0.15, 0.2) is 0 Å². The number of halogens is 2. The average Bonchev–Trinajstić information content (AvgIpc) is 2.92. The van der Waals surface area contributed by atoms with E-state index in [2.05, 4.69) is 0 Å². The highest BCUT2D eigenvalue weighted by molar-refractivity contribution is 5.78. The molecule has 1 aliphatic rings. The molecule has 2 nitrogen and oxygen atoms in total. The van der Waals surface area contributed by atoms with Gasteiger partial charge in [-0.25, -0.2) is 8.78 Å². The molecule has 0 saturated heterocycles. The van der Waals surface area contributed by atoms with Crippen molar-refractivity contribution in [2.24, 2.45) is 5.41 Å². The summed E-state index contributed by atoms with van der Waals surface area (Å²) in [6.45, 7) is 1.60. The molecule has 0 bridgehead atoms. The number of rotatable bonds is 3. The van der Waals surface area contributed by atoms with Crippen LogP contribution in [0.2, 0.25) is 0 Å². The maximum Gasteiger partial charge on any atom is 0.309 e. The molecule has 86 valence electrons. The number of carboxylic acid groups (broad SMARTS) is 1. The van der Waals surface area contributed by atoms with Crippen LogP contribution in [0.4, 0.5) is 8.78 Å². The summed E-state index contributed by atoms with van der Waals surface area (Å²) in [4.78, 5) is 10.9. The second-order valence-electron chi connectivity index (χ2n) is 4.47. The molecule has 0 aromatic heterocycles. The van der Waals surface area contributed by atoms with Gasteiger partial charge in [-0.3, -0.25) is 4.79 Å². The lowest BCUT2D eigenvalue weighted by Crippen LogP contribution is -2.19. The van der Waals surface area contributed by atoms with Crippen LogP contribution >= 0.6 is 0 Å². The molecule has 0 radical (unpaired) electrons. The number of benzene rings is 1. The van der Waals surface area contributed by atoms with Crippen molar-refractivity contribution < 1.29 is 18.7 Å². The Kier molecular flexibility index (Phi) is 2.45. The Labute approximate surface area is 91.9 Å². The first-order valence-electron chi connectivity index (χ1n) is 5.12. The lowest BCUT2D eigenvalue weighted by Gasteiger charge is -2.11. The molecule has 1 aromatic rings. The van der Waals surface area contributed by atoms with E-state index in [9.17, 15) is 13.6 Å². The highest BCUT2D eigenvalue weighted by Crippen LogP contribution is 2.49. The van der Waals surface area contributed by atoms with Crippen LogP contribution < -0.4 is 0 Å². The minimum Gasteiger partial charge on any atom is -0.481 e. The summed E-state index contributed by atoms with van der Waals surface area (Å²) in [6.07, 6.45) is 0.935. The van der Waals surface area contributed by atoms with E-state index in [0.717, 1.165) is 0 Å². The van der Waals surface area contributed by atoms with Crippen molar-refractivity contribution in [1.29, 1.82) is 0 Å². The van der Waals surface area contributed by atoms with Gasteiger partial charge in [0.1, 0.15) is 11.6 Å². The normalized spacial score (nSPS) is 17.2. The summed E-state index contributed by atoms with van der Waals surface area (Å²) < 4.78 is 27.0. The Morgan fingerprint density at radius 3 is 2.25 bits per heavy atom. The Morgan fingerprint density at radius 2 is 1.88 bits per heavy atom. The van der Waals surface area contributed by atoms with E-state index in [1.54, 1.807) is 6.92 Å². The number of carbonyl (C=O) groups is 1. The molecule has 0 heterocycles. The van der Waals surface area contributed by atoms with Crippen molar-refractivity contribution in [3.05, 3.63) is 34.9 Å². The van der Waals surface area contributed by atoms with E-state index in [1.165, 1.54) is 12.1 Å². The maximum absolute atomic E-state index is 13.5. The molecule has 0 spiro atoms. The van der Waals surface area contributed by atoms with Crippen molar-refractivity contribution in [2.75, 3.05) is 0 Å². The van der Waals surface area contributed by atoms with Gasteiger partial charge in [0, 0.05) is 5.56 Å². The molecule has 16 heavy (non-hydrogen) atoms. The first-order valence-corrected chi connectivity index (χ1v) is 5.12. The molecule has 1 N–H and O–H groups in total. The fourth-order valence-electron chi connectivity index (χ4n) is 1.85. The maximum atomic E-state index is 13.5. The lowest BCUT2D eigenvalue weighted by molar-refractivity contribution is -0.143. The number of aliphatic carboxylic acids is 1. The average molecular weight is 226 g/mol. The smallest absolute Gasteiger partial charge is 0.309 e. The third-order valence-corrected chi connectivity index (χ3v) is 3.11. The molecule has 0 atom stereocenters. The topological polar surface area (TPSA) is 37.3 Å². The molecule has 1 saturated carbocycles. The monoisotopic (exact) mass is 226 g/mol. The molecule has 2 rings (SSSR count). The zero-order valence-corrected chi connectivity index (χ0v) is 8.89. The van der Waals surface area contributed by atoms with Crippen LogP contribution in [0.5, 0.6) is 0 Å². The molecule has 0 unspecified atom stereocenters. The van der Waals surface area contributed by atoms with Gasteiger partial charge in [-0.1, -0.05) is 0 Å². The highest BCUT2D eigenvalue weighted by atomic mass is 19.1. The minimum atomic E-state index is -0.966. The number of aryl methyl sites for hydroxylation is 1. The standard InChI is InChI=1S/C12H12F2O2/c1-7-4-9(13)8(10(14)5-7)6-12(2-3-12)11(15)16/h4-5H,2-3,6H2,1H3,(H,15,16). The van der Waals surface area contributed by atoms with Crippen molar-refractivity contribution >= 4 is 5.97 Å². The Balaban J connectivity index is 2.32. The largest absolute Gasteiger partial charge is 0.481 e. The molecule has 0 amide bonds. The molecule has 4 heteroatoms. The number of hydrogen-bond donors (Lipinski definition) is 1. The summed E-state index contributed by atoms with van der Waals surface area (Å²) in [7, 11) is 0. The highest BCUT2D eigenvalue weighted by Gasteiger charge is 2.50. The van der Waals surface area contributed by atoms with Crippen molar-refractivity contribution in [2.45, 2.75) is 26.2 Å². The van der Waals surface area contributed by atoms with Crippen LogP contribution in [0, 0.1) is 24.0 Å². The minimum absolute atomic E-state index is 0.0553. The molecular formula is C12H12F2O2. The van der Waals surface area contributed by atoms with E-state index >= 15 is 0 Å². The van der Waals surface area contributed by atoms with Crippen LogP contribution in [0.25, 0.3) is 0 Å². The van der Waals surface area contributed by atoms with E-state index < -0.39 is 23.0 Å². The quantitative estimate of drug-likeness (QED) is 0.860. The van der Waals surface area contributed by atoms with Crippen LogP contribution in [0.3, 0.4) is 0 Å². The molecule has 0 aliphatic heterocycles. The molecule has 1 fully saturated rings. The Hall–Kier alpha value is -1.45. The van der Waals surface area contributed by atoms with Gasteiger partial charge in [-0.2, -0.15) is 0 Å². The Bertz CT molecular complexity index is 427. The van der Waals surface area contributed by atoms with Crippen molar-refractivity contribution in [3.8, 4) is 0 Å². The van der Waals surface area contributed by atoms with Crippen molar-refractivity contribution in [3.63, 3.8) is 0 Å². The van der Waals surface area contributed by atoms with Crippen LogP contribution in [-0.2, 0) is 11.2 Å². The molecular weight excluding hydrogens is 214 g/mol. The third-order valence-electron chi connectivity index (χ3n) is 3.11. The predicted molar refractivity (Wildman–Crippen MR) is 54.1 cm³/mol. The van der Waals surface area contributed by atoms with E-state index in [0.29, 0.717) is 18.4 Å². The van der Waals surface area contributed by atoms with Gasteiger partial charge in [0.25, 0.3) is 0 Å². The summed E-state index contributed by atoms with van der Waals surface area (Å²) in [5.41, 5.74) is -0.541. The van der Waals surface area contributed by atoms with Gasteiger partial charge in [0.05, 0.1) is 5.41 Å². The van der Waals surface area contributed by atoms with Crippen LogP contribution in [0.15, 0.2) is 12.1 Å². The number of carboxylic acids is 1. The Morgan fingerprint density at radius 1 is 1.38 bits per heavy atom. The number of hydrogen-bond acceptors (Lipinski definition) is 1. The van der Waals surface area contributed by atoms with E-state index in [1.807, 2.05) is 0 Å². The molecule has 1 aliphatic carbocycles. The van der Waals surface area contributed by atoms with E-state index in [4.69, 9.17) is 5.11 Å². The van der Waals surface area contributed by atoms with Crippen LogP contribution in [0.1, 0.15) is 24.0 Å². The first kappa shape index (κ1) is 11.0. The van der Waals surface area contributed by atoms with Gasteiger partial charge in [0.2, 0.25) is 0 Å². The summed E-state index contributed by atoms with van der Waals surface area (Å²) >= 11 is 0. The van der Waals surface area contributed by atoms with Gasteiger partial charge in [-0.15, -0.1) is 0 Å². The van der Waals surface area contributed by atoms with Crippen LogP contribution in [-0.4, -0.2) is 11.1 Å². The lowest BCUT2D eigenvalue weighted by atomic mass is 9.95. The van der Waals surface area contributed by atoms with Crippen molar-refractivity contribution in [1.82, 2.24) is 0 Å². The van der Waals surface area contributed by atoms with Gasteiger partial charge >= 0.3 is 5.97 Å². The summed E-state index contributed by atoms with van der Waals surface area (Å²) in [6, 6.07) is 2.46. The van der Waals surface area contributed by atoms with Gasteiger partial charge in [-0.05, 0) is 43.9 Å².